The number of rotatable bonds is 3. The molecule has 0 saturated carbocycles. The number of nitrogens with zero attached hydrogens (tertiary/aromatic N) is 1. The first kappa shape index (κ1) is 15.2. The first-order chi connectivity index (χ1) is 9.47. The summed E-state index contributed by atoms with van der Waals surface area (Å²) in [6.45, 7) is 0.360. The van der Waals surface area contributed by atoms with Crippen molar-refractivity contribution in [2.24, 2.45) is 0 Å². The van der Waals surface area contributed by atoms with Gasteiger partial charge < -0.3 is 4.90 Å². The van der Waals surface area contributed by atoms with Gasteiger partial charge in [0.05, 0.1) is 5.56 Å². The number of amides is 1. The molecule has 2 nitrogen and oxygen atoms in total. The molecule has 0 atom stereocenters. The molecule has 0 aliphatic heterocycles. The van der Waals surface area contributed by atoms with Crippen molar-refractivity contribution >= 4 is 37.8 Å². The Balaban J connectivity index is 2.16. The van der Waals surface area contributed by atoms with Gasteiger partial charge in [0.1, 0.15) is 5.82 Å². The van der Waals surface area contributed by atoms with E-state index in [1.54, 1.807) is 30.1 Å². The minimum atomic E-state index is -0.298. The van der Waals surface area contributed by atoms with Crippen molar-refractivity contribution < 1.29 is 9.18 Å². The molecule has 1 amide bonds. The number of hydrogen-bond donors (Lipinski definition) is 0. The summed E-state index contributed by atoms with van der Waals surface area (Å²) in [6, 6.07) is 11.6. The summed E-state index contributed by atoms with van der Waals surface area (Å²) in [6.07, 6.45) is 0. The lowest BCUT2D eigenvalue weighted by molar-refractivity contribution is 0.0784. The number of halogens is 3. The minimum absolute atomic E-state index is 0.117. The van der Waals surface area contributed by atoms with Gasteiger partial charge in [-0.2, -0.15) is 0 Å². The van der Waals surface area contributed by atoms with Crippen molar-refractivity contribution in [3.8, 4) is 0 Å². The topological polar surface area (TPSA) is 20.3 Å². The molecule has 104 valence electrons. The molecule has 0 saturated heterocycles. The van der Waals surface area contributed by atoms with Gasteiger partial charge in [-0.1, -0.05) is 28.1 Å². The van der Waals surface area contributed by atoms with Gasteiger partial charge in [-0.25, -0.2) is 4.39 Å². The second kappa shape index (κ2) is 6.50. The van der Waals surface area contributed by atoms with Gasteiger partial charge in [-0.15, -0.1) is 0 Å². The highest BCUT2D eigenvalue weighted by Gasteiger charge is 2.15. The molecule has 0 unspecified atom stereocenters. The van der Waals surface area contributed by atoms with Gasteiger partial charge in [0, 0.05) is 22.5 Å². The summed E-state index contributed by atoms with van der Waals surface area (Å²) in [5.41, 5.74) is 1.33. The average molecular weight is 401 g/mol. The van der Waals surface area contributed by atoms with Crippen LogP contribution in [0.15, 0.2) is 51.4 Å². The second-order valence-corrected chi connectivity index (χ2v) is 6.19. The van der Waals surface area contributed by atoms with E-state index in [2.05, 4.69) is 31.9 Å². The van der Waals surface area contributed by atoms with Crippen molar-refractivity contribution in [1.82, 2.24) is 4.90 Å². The van der Waals surface area contributed by atoms with E-state index >= 15 is 0 Å². The van der Waals surface area contributed by atoms with Gasteiger partial charge in [0.15, 0.2) is 0 Å². The van der Waals surface area contributed by atoms with E-state index in [0.29, 0.717) is 12.1 Å². The molecule has 0 spiro atoms. The Hall–Kier alpha value is -1.20. The minimum Gasteiger partial charge on any atom is -0.337 e. The highest BCUT2D eigenvalue weighted by Crippen LogP contribution is 2.23. The van der Waals surface area contributed by atoms with E-state index in [1.165, 1.54) is 12.1 Å². The van der Waals surface area contributed by atoms with Crippen molar-refractivity contribution in [1.29, 1.82) is 0 Å². The van der Waals surface area contributed by atoms with Crippen LogP contribution in [0.5, 0.6) is 0 Å². The molecule has 2 aromatic rings. The predicted octanol–water partition coefficient (Wildman–Crippen LogP) is 4.62. The molecule has 0 fully saturated rings. The molecule has 0 N–H and O–H groups in total. The van der Waals surface area contributed by atoms with Crippen LogP contribution in [0.25, 0.3) is 0 Å². The molecule has 2 rings (SSSR count). The molecule has 2 aromatic carbocycles. The fourth-order valence-electron chi connectivity index (χ4n) is 1.85. The van der Waals surface area contributed by atoms with Crippen LogP contribution in [0.3, 0.4) is 0 Å². The zero-order valence-electron chi connectivity index (χ0n) is 10.7. The quantitative estimate of drug-likeness (QED) is 0.735. The Labute approximate surface area is 133 Å². The fraction of sp³-hybridized carbons (Fsp3) is 0.133. The van der Waals surface area contributed by atoms with Gasteiger partial charge in [-0.05, 0) is 51.8 Å². The summed E-state index contributed by atoms with van der Waals surface area (Å²) in [5.74, 6) is -0.415. The van der Waals surface area contributed by atoms with Crippen LogP contribution < -0.4 is 0 Å². The summed E-state index contributed by atoms with van der Waals surface area (Å²) in [7, 11) is 1.70. The number of benzene rings is 2. The number of hydrogen-bond acceptors (Lipinski definition) is 1. The first-order valence-corrected chi connectivity index (χ1v) is 7.51. The van der Waals surface area contributed by atoms with Crippen LogP contribution in [0.1, 0.15) is 15.9 Å². The van der Waals surface area contributed by atoms with Crippen LogP contribution in [-0.2, 0) is 6.54 Å². The molecule has 0 aliphatic rings. The Morgan fingerprint density at radius 1 is 1.20 bits per heavy atom. The molecule has 0 radical (unpaired) electrons. The zero-order chi connectivity index (χ0) is 14.7. The van der Waals surface area contributed by atoms with Crippen molar-refractivity contribution in [2.45, 2.75) is 6.54 Å². The van der Waals surface area contributed by atoms with E-state index in [4.69, 9.17) is 0 Å². The molecule has 20 heavy (non-hydrogen) atoms. The lowest BCUT2D eigenvalue weighted by Gasteiger charge is -2.18. The molecule has 5 heteroatoms. The Morgan fingerprint density at radius 3 is 2.60 bits per heavy atom. The smallest absolute Gasteiger partial charge is 0.255 e. The lowest BCUT2D eigenvalue weighted by Crippen LogP contribution is -2.26. The molecule has 0 aliphatic carbocycles. The predicted molar refractivity (Wildman–Crippen MR) is 84.0 cm³/mol. The van der Waals surface area contributed by atoms with Gasteiger partial charge in [0.25, 0.3) is 5.91 Å². The fourth-order valence-corrected chi connectivity index (χ4v) is 3.07. The first-order valence-electron chi connectivity index (χ1n) is 5.92. The lowest BCUT2D eigenvalue weighted by atomic mass is 10.1. The monoisotopic (exact) mass is 399 g/mol. The van der Waals surface area contributed by atoms with Crippen molar-refractivity contribution in [2.75, 3.05) is 7.05 Å². The Bertz CT molecular complexity index is 646. The van der Waals surface area contributed by atoms with E-state index in [-0.39, 0.29) is 11.7 Å². The van der Waals surface area contributed by atoms with Gasteiger partial charge in [-0.3, -0.25) is 4.79 Å². The summed E-state index contributed by atoms with van der Waals surface area (Å²) >= 11 is 6.72. The van der Waals surface area contributed by atoms with Gasteiger partial charge in [0.2, 0.25) is 0 Å². The highest BCUT2D eigenvalue weighted by atomic mass is 79.9. The number of carbonyl (C=O) groups excluding carboxylic acids is 1. The third-order valence-corrected chi connectivity index (χ3v) is 3.97. The standard InChI is InChI=1S/C15H12Br2FNO/c1-19(9-10-3-2-4-12(18)7-10)15(20)13-6-5-11(16)8-14(13)17/h2-8H,9H2,1H3. The van der Waals surface area contributed by atoms with E-state index in [1.807, 2.05) is 12.1 Å². The highest BCUT2D eigenvalue weighted by molar-refractivity contribution is 9.11. The Kier molecular flexibility index (Phi) is 4.94. The maximum atomic E-state index is 13.1. The average Bonchev–Trinajstić information content (AvgIpc) is 2.38. The molecule has 0 aromatic heterocycles. The van der Waals surface area contributed by atoms with Crippen LogP contribution in [-0.4, -0.2) is 17.9 Å². The Morgan fingerprint density at radius 2 is 1.95 bits per heavy atom. The molecular formula is C15H12Br2FNO. The SMILES string of the molecule is CN(Cc1cccc(F)c1)C(=O)c1ccc(Br)cc1Br. The summed E-state index contributed by atoms with van der Waals surface area (Å²) in [4.78, 5) is 13.9. The van der Waals surface area contributed by atoms with Crippen LogP contribution >= 0.6 is 31.9 Å². The van der Waals surface area contributed by atoms with Crippen LogP contribution in [0.4, 0.5) is 4.39 Å². The maximum absolute atomic E-state index is 13.1. The third kappa shape index (κ3) is 3.67. The summed E-state index contributed by atoms with van der Waals surface area (Å²) < 4.78 is 14.8. The van der Waals surface area contributed by atoms with Crippen molar-refractivity contribution in [3.63, 3.8) is 0 Å². The van der Waals surface area contributed by atoms with E-state index in [9.17, 15) is 9.18 Å². The normalized spacial score (nSPS) is 10.4. The van der Waals surface area contributed by atoms with Crippen LogP contribution in [0.2, 0.25) is 0 Å². The number of carbonyl (C=O) groups is 1. The molecule has 0 bridgehead atoms. The van der Waals surface area contributed by atoms with E-state index in [0.717, 1.165) is 14.5 Å². The maximum Gasteiger partial charge on any atom is 0.255 e. The van der Waals surface area contributed by atoms with Crippen LogP contribution in [0, 0.1) is 5.82 Å². The van der Waals surface area contributed by atoms with Gasteiger partial charge >= 0.3 is 0 Å². The molecular weight excluding hydrogens is 389 g/mol. The second-order valence-electron chi connectivity index (χ2n) is 4.42. The molecule has 0 heterocycles. The van der Waals surface area contributed by atoms with E-state index < -0.39 is 0 Å². The van der Waals surface area contributed by atoms with Crippen molar-refractivity contribution in [3.05, 3.63) is 68.4 Å². The summed E-state index contributed by atoms with van der Waals surface area (Å²) in [5, 5.41) is 0. The largest absolute Gasteiger partial charge is 0.337 e. The third-order valence-electron chi connectivity index (χ3n) is 2.82. The zero-order valence-corrected chi connectivity index (χ0v) is 13.9.